The van der Waals surface area contributed by atoms with E-state index < -0.39 is 11.4 Å². The summed E-state index contributed by atoms with van der Waals surface area (Å²) in [5, 5.41) is 12.3. The maximum Gasteiger partial charge on any atom is 0.252 e. The van der Waals surface area contributed by atoms with Gasteiger partial charge in [0, 0.05) is 5.56 Å². The van der Waals surface area contributed by atoms with Crippen LogP contribution in [0.4, 0.5) is 4.39 Å². The summed E-state index contributed by atoms with van der Waals surface area (Å²) in [5.74, 6) is -0.857. The monoisotopic (exact) mass is 290 g/mol. The van der Waals surface area contributed by atoms with E-state index in [1.807, 2.05) is 0 Å². The molecule has 112 valence electrons. The minimum absolute atomic E-state index is 0.0227. The number of nitriles is 1. The smallest absolute Gasteiger partial charge is 0.252 e. The Morgan fingerprint density at radius 2 is 2.00 bits per heavy atom. The summed E-state index contributed by atoms with van der Waals surface area (Å²) in [4.78, 5) is 12.3. The number of nitrogens with one attached hydrogen (secondary N) is 1. The summed E-state index contributed by atoms with van der Waals surface area (Å²) >= 11 is 0. The highest BCUT2D eigenvalue weighted by molar-refractivity contribution is 5.95. The molecule has 0 aromatic heterocycles. The third-order valence-corrected chi connectivity index (χ3v) is 3.94. The largest absolute Gasteiger partial charge is 0.494 e. The number of methoxy groups -OCH3 is 1. The van der Waals surface area contributed by atoms with Crippen LogP contribution in [-0.4, -0.2) is 18.6 Å². The van der Waals surface area contributed by atoms with Gasteiger partial charge in [0.05, 0.1) is 13.2 Å². The first-order chi connectivity index (χ1) is 10.1. The standard InChI is InChI=1S/C16H19FN2O2/c1-21-14-10-12(6-7-13(14)17)15(20)19-16(11-18)8-4-2-3-5-9-16/h6-7,10H,2-5,8-9H2,1H3,(H,19,20). The predicted molar refractivity (Wildman–Crippen MR) is 76.5 cm³/mol. The number of rotatable bonds is 3. The number of hydrogen-bond acceptors (Lipinski definition) is 3. The molecule has 1 aromatic rings. The Labute approximate surface area is 123 Å². The fourth-order valence-electron chi connectivity index (χ4n) is 2.69. The molecule has 1 amide bonds. The van der Waals surface area contributed by atoms with Gasteiger partial charge in [-0.1, -0.05) is 25.7 Å². The Morgan fingerprint density at radius 1 is 1.33 bits per heavy atom. The predicted octanol–water partition coefficient (Wildman–Crippen LogP) is 3.18. The van der Waals surface area contributed by atoms with Gasteiger partial charge in [-0.15, -0.1) is 0 Å². The third-order valence-electron chi connectivity index (χ3n) is 3.94. The lowest BCUT2D eigenvalue weighted by atomic mass is 9.91. The molecule has 1 aliphatic rings. The molecule has 4 nitrogen and oxygen atoms in total. The van der Waals surface area contributed by atoms with Crippen molar-refractivity contribution in [3.63, 3.8) is 0 Å². The van der Waals surface area contributed by atoms with Crippen LogP contribution < -0.4 is 10.1 Å². The van der Waals surface area contributed by atoms with E-state index in [0.717, 1.165) is 25.7 Å². The molecule has 0 heterocycles. The minimum atomic E-state index is -0.810. The lowest BCUT2D eigenvalue weighted by Crippen LogP contribution is -2.47. The van der Waals surface area contributed by atoms with Gasteiger partial charge < -0.3 is 10.1 Å². The fraction of sp³-hybridized carbons (Fsp3) is 0.500. The van der Waals surface area contributed by atoms with Gasteiger partial charge >= 0.3 is 0 Å². The molecular weight excluding hydrogens is 271 g/mol. The Balaban J connectivity index is 2.18. The van der Waals surface area contributed by atoms with Crippen molar-refractivity contribution in [1.29, 1.82) is 5.26 Å². The summed E-state index contributed by atoms with van der Waals surface area (Å²) < 4.78 is 18.3. The number of ether oxygens (including phenoxy) is 1. The molecule has 0 atom stereocenters. The molecule has 0 bridgehead atoms. The molecule has 0 unspecified atom stereocenters. The molecule has 1 aliphatic carbocycles. The van der Waals surface area contributed by atoms with Crippen LogP contribution in [-0.2, 0) is 0 Å². The molecule has 0 aliphatic heterocycles. The van der Waals surface area contributed by atoms with E-state index in [-0.39, 0.29) is 11.7 Å². The number of amides is 1. The van der Waals surface area contributed by atoms with E-state index in [1.165, 1.54) is 25.3 Å². The van der Waals surface area contributed by atoms with E-state index in [4.69, 9.17) is 4.74 Å². The fourth-order valence-corrected chi connectivity index (χ4v) is 2.69. The molecule has 21 heavy (non-hydrogen) atoms. The van der Waals surface area contributed by atoms with Gasteiger partial charge in [-0.2, -0.15) is 5.26 Å². The average Bonchev–Trinajstić information content (AvgIpc) is 2.73. The van der Waals surface area contributed by atoms with Crippen molar-refractivity contribution in [2.75, 3.05) is 7.11 Å². The van der Waals surface area contributed by atoms with Crippen LogP contribution in [0.5, 0.6) is 5.75 Å². The first-order valence-electron chi connectivity index (χ1n) is 7.17. The second-order valence-electron chi connectivity index (χ2n) is 5.41. The van der Waals surface area contributed by atoms with E-state index in [1.54, 1.807) is 0 Å². The van der Waals surface area contributed by atoms with Gasteiger partial charge in [0.15, 0.2) is 11.6 Å². The zero-order valence-electron chi connectivity index (χ0n) is 12.1. The van der Waals surface area contributed by atoms with E-state index in [0.29, 0.717) is 18.4 Å². The second-order valence-corrected chi connectivity index (χ2v) is 5.41. The second kappa shape index (κ2) is 6.57. The topological polar surface area (TPSA) is 62.1 Å². The van der Waals surface area contributed by atoms with Gasteiger partial charge in [-0.05, 0) is 31.0 Å². The molecule has 1 saturated carbocycles. The quantitative estimate of drug-likeness (QED) is 0.870. The highest BCUT2D eigenvalue weighted by atomic mass is 19.1. The van der Waals surface area contributed by atoms with Crippen LogP contribution in [0.2, 0.25) is 0 Å². The lowest BCUT2D eigenvalue weighted by molar-refractivity contribution is 0.0912. The maximum absolute atomic E-state index is 13.4. The van der Waals surface area contributed by atoms with Crippen LogP contribution in [0.1, 0.15) is 48.9 Å². The Hall–Kier alpha value is -2.09. The van der Waals surface area contributed by atoms with Crippen molar-refractivity contribution in [2.45, 2.75) is 44.1 Å². The molecule has 0 radical (unpaired) electrons. The van der Waals surface area contributed by atoms with Crippen LogP contribution in [0.25, 0.3) is 0 Å². The van der Waals surface area contributed by atoms with Gasteiger partial charge in [-0.25, -0.2) is 4.39 Å². The van der Waals surface area contributed by atoms with Crippen LogP contribution in [0.3, 0.4) is 0 Å². The van der Waals surface area contributed by atoms with Crippen molar-refractivity contribution < 1.29 is 13.9 Å². The highest BCUT2D eigenvalue weighted by Gasteiger charge is 2.32. The maximum atomic E-state index is 13.4. The molecule has 1 N–H and O–H groups in total. The minimum Gasteiger partial charge on any atom is -0.494 e. The highest BCUT2D eigenvalue weighted by Crippen LogP contribution is 2.27. The average molecular weight is 290 g/mol. The molecule has 0 saturated heterocycles. The lowest BCUT2D eigenvalue weighted by Gasteiger charge is -2.26. The molecular formula is C16H19FN2O2. The Kier molecular flexibility index (Phi) is 4.79. The van der Waals surface area contributed by atoms with Gasteiger partial charge in [0.2, 0.25) is 0 Å². The number of carbonyl (C=O) groups is 1. The van der Waals surface area contributed by atoms with Crippen LogP contribution in [0.15, 0.2) is 18.2 Å². The zero-order chi connectivity index (χ0) is 15.3. The number of halogens is 1. The van der Waals surface area contributed by atoms with Crippen LogP contribution >= 0.6 is 0 Å². The van der Waals surface area contributed by atoms with Gasteiger partial charge in [-0.3, -0.25) is 4.79 Å². The Bertz CT molecular complexity index is 558. The Morgan fingerprint density at radius 3 is 2.57 bits per heavy atom. The van der Waals surface area contributed by atoms with Gasteiger partial charge in [0.1, 0.15) is 5.54 Å². The normalized spacial score (nSPS) is 17.4. The van der Waals surface area contributed by atoms with Crippen molar-refractivity contribution >= 4 is 5.91 Å². The number of benzene rings is 1. The number of carbonyl (C=O) groups excluding carboxylic acids is 1. The first kappa shape index (κ1) is 15.3. The number of hydrogen-bond donors (Lipinski definition) is 1. The van der Waals surface area contributed by atoms with Crippen LogP contribution in [0, 0.1) is 17.1 Å². The summed E-state index contributed by atoms with van der Waals surface area (Å²) in [7, 11) is 1.35. The molecule has 1 fully saturated rings. The van der Waals surface area contributed by atoms with Crippen molar-refractivity contribution in [3.8, 4) is 11.8 Å². The van der Waals surface area contributed by atoms with E-state index in [2.05, 4.69) is 11.4 Å². The van der Waals surface area contributed by atoms with E-state index in [9.17, 15) is 14.4 Å². The van der Waals surface area contributed by atoms with Gasteiger partial charge in [0.25, 0.3) is 5.91 Å². The summed E-state index contributed by atoms with van der Waals surface area (Å²) in [6, 6.07) is 6.21. The SMILES string of the molecule is COc1cc(C(=O)NC2(C#N)CCCCCC2)ccc1F. The van der Waals surface area contributed by atoms with Crippen molar-refractivity contribution in [2.24, 2.45) is 0 Å². The summed E-state index contributed by atoms with van der Waals surface area (Å²) in [6.07, 6.45) is 5.36. The molecule has 5 heteroatoms. The van der Waals surface area contributed by atoms with E-state index >= 15 is 0 Å². The molecule has 1 aromatic carbocycles. The first-order valence-corrected chi connectivity index (χ1v) is 7.17. The number of nitrogens with zero attached hydrogens (tertiary/aromatic N) is 1. The molecule has 2 rings (SSSR count). The summed E-state index contributed by atoms with van der Waals surface area (Å²) in [6.45, 7) is 0. The molecule has 0 spiro atoms. The summed E-state index contributed by atoms with van der Waals surface area (Å²) in [5.41, 5.74) is -0.512. The van der Waals surface area contributed by atoms with Crippen molar-refractivity contribution in [3.05, 3.63) is 29.6 Å². The zero-order valence-corrected chi connectivity index (χ0v) is 12.1. The van der Waals surface area contributed by atoms with Crippen molar-refractivity contribution in [1.82, 2.24) is 5.32 Å². The third kappa shape index (κ3) is 3.52.